The number of carbonyl (C=O) groups excluding carboxylic acids is 1. The molecule has 1 atom stereocenters. The molecule has 0 radical (unpaired) electrons. The lowest BCUT2D eigenvalue weighted by Crippen LogP contribution is -2.33. The van der Waals surface area contributed by atoms with Gasteiger partial charge in [0.2, 0.25) is 0 Å². The molecule has 2 N–H and O–H groups in total. The molecule has 0 spiro atoms. The van der Waals surface area contributed by atoms with Crippen molar-refractivity contribution in [3.05, 3.63) is 29.8 Å². The smallest absolute Gasteiger partial charge is 0.319 e. The van der Waals surface area contributed by atoms with Gasteiger partial charge in [-0.15, -0.1) is 0 Å². The predicted molar refractivity (Wildman–Crippen MR) is 87.5 cm³/mol. The van der Waals surface area contributed by atoms with Crippen LogP contribution in [0.5, 0.6) is 0 Å². The van der Waals surface area contributed by atoms with E-state index in [2.05, 4.69) is 24.5 Å². The minimum atomic E-state index is -0.145. The molecular formula is C17H28N2O2. The Morgan fingerprint density at radius 2 is 2.05 bits per heavy atom. The SMILES string of the molecule is CCCC[C@H](CC)CNC(=O)Nc1ccccc1COC. The zero-order valence-electron chi connectivity index (χ0n) is 13.4. The zero-order valence-corrected chi connectivity index (χ0v) is 13.4. The first-order valence-corrected chi connectivity index (χ1v) is 7.82. The van der Waals surface area contributed by atoms with Crippen LogP contribution in [0.15, 0.2) is 24.3 Å². The molecule has 0 bridgehead atoms. The minimum Gasteiger partial charge on any atom is -0.380 e. The van der Waals surface area contributed by atoms with E-state index in [9.17, 15) is 4.79 Å². The van der Waals surface area contributed by atoms with Gasteiger partial charge in [0, 0.05) is 24.9 Å². The van der Waals surface area contributed by atoms with Gasteiger partial charge in [-0.05, 0) is 18.4 Å². The summed E-state index contributed by atoms with van der Waals surface area (Å²) in [5, 5.41) is 5.87. The van der Waals surface area contributed by atoms with E-state index in [1.807, 2.05) is 24.3 Å². The monoisotopic (exact) mass is 292 g/mol. The van der Waals surface area contributed by atoms with E-state index in [-0.39, 0.29) is 6.03 Å². The average molecular weight is 292 g/mol. The summed E-state index contributed by atoms with van der Waals surface area (Å²) in [5.74, 6) is 0.560. The summed E-state index contributed by atoms with van der Waals surface area (Å²) in [6.07, 6.45) is 4.69. The number of urea groups is 1. The number of unbranched alkanes of at least 4 members (excludes halogenated alkanes) is 1. The number of para-hydroxylation sites is 1. The highest BCUT2D eigenvalue weighted by Gasteiger charge is 2.09. The normalized spacial score (nSPS) is 12.0. The molecule has 1 aromatic rings. The van der Waals surface area contributed by atoms with Gasteiger partial charge < -0.3 is 15.4 Å². The molecule has 0 fully saturated rings. The number of ether oxygens (including phenoxy) is 1. The first-order chi connectivity index (χ1) is 10.2. The van der Waals surface area contributed by atoms with Crippen LogP contribution in [-0.4, -0.2) is 19.7 Å². The molecule has 0 aliphatic heterocycles. The number of hydrogen-bond acceptors (Lipinski definition) is 2. The van der Waals surface area contributed by atoms with Gasteiger partial charge in [-0.3, -0.25) is 0 Å². The van der Waals surface area contributed by atoms with Crippen LogP contribution < -0.4 is 10.6 Å². The molecular weight excluding hydrogens is 264 g/mol. The molecule has 0 aliphatic carbocycles. The van der Waals surface area contributed by atoms with Gasteiger partial charge >= 0.3 is 6.03 Å². The van der Waals surface area contributed by atoms with Gasteiger partial charge in [0.1, 0.15) is 0 Å². The molecule has 0 saturated carbocycles. The summed E-state index contributed by atoms with van der Waals surface area (Å²) in [5.41, 5.74) is 1.78. The quantitative estimate of drug-likeness (QED) is 0.717. The zero-order chi connectivity index (χ0) is 15.5. The molecule has 0 saturated heterocycles. The Labute approximate surface area is 128 Å². The van der Waals surface area contributed by atoms with E-state index < -0.39 is 0 Å². The van der Waals surface area contributed by atoms with Gasteiger partial charge in [0.15, 0.2) is 0 Å². The fraction of sp³-hybridized carbons (Fsp3) is 0.588. The lowest BCUT2D eigenvalue weighted by atomic mass is 9.99. The van der Waals surface area contributed by atoms with Crippen molar-refractivity contribution in [1.29, 1.82) is 0 Å². The molecule has 4 heteroatoms. The second-order valence-corrected chi connectivity index (χ2v) is 5.34. The highest BCUT2D eigenvalue weighted by atomic mass is 16.5. The molecule has 21 heavy (non-hydrogen) atoms. The third kappa shape index (κ3) is 6.63. The van der Waals surface area contributed by atoms with Crippen molar-refractivity contribution < 1.29 is 9.53 Å². The second kappa shape index (κ2) is 10.2. The van der Waals surface area contributed by atoms with Crippen LogP contribution in [0.2, 0.25) is 0 Å². The maximum absolute atomic E-state index is 12.0. The summed E-state index contributed by atoms with van der Waals surface area (Å²) in [4.78, 5) is 12.0. The Bertz CT molecular complexity index is 421. The van der Waals surface area contributed by atoms with Gasteiger partial charge in [-0.1, -0.05) is 51.3 Å². The van der Waals surface area contributed by atoms with Gasteiger partial charge in [0.05, 0.1) is 6.61 Å². The molecule has 0 heterocycles. The number of nitrogens with one attached hydrogen (secondary N) is 2. The Balaban J connectivity index is 2.46. The van der Waals surface area contributed by atoms with E-state index in [0.29, 0.717) is 12.5 Å². The fourth-order valence-electron chi connectivity index (χ4n) is 2.27. The van der Waals surface area contributed by atoms with Gasteiger partial charge in [0.25, 0.3) is 0 Å². The maximum atomic E-state index is 12.0. The standard InChI is InChI=1S/C17H28N2O2/c1-4-6-9-14(5-2)12-18-17(20)19-16-11-8-7-10-15(16)13-21-3/h7-8,10-11,14H,4-6,9,12-13H2,1-3H3,(H2,18,19,20)/t14-/m0/s1. The average Bonchev–Trinajstić information content (AvgIpc) is 2.50. The Morgan fingerprint density at radius 3 is 2.71 bits per heavy atom. The number of benzene rings is 1. The van der Waals surface area contributed by atoms with Crippen LogP contribution in [0.1, 0.15) is 45.1 Å². The van der Waals surface area contributed by atoms with Crippen molar-refractivity contribution in [2.45, 2.75) is 46.1 Å². The molecule has 0 aromatic heterocycles. The fourth-order valence-corrected chi connectivity index (χ4v) is 2.27. The molecule has 0 unspecified atom stereocenters. The lowest BCUT2D eigenvalue weighted by molar-refractivity contribution is 0.185. The largest absolute Gasteiger partial charge is 0.380 e. The van der Waals surface area contributed by atoms with E-state index in [1.54, 1.807) is 7.11 Å². The number of amides is 2. The third-order valence-electron chi connectivity index (χ3n) is 3.66. The Hall–Kier alpha value is -1.55. The number of hydrogen-bond donors (Lipinski definition) is 2. The number of carbonyl (C=O) groups is 1. The molecule has 0 aliphatic rings. The molecule has 4 nitrogen and oxygen atoms in total. The summed E-state index contributed by atoms with van der Waals surface area (Å²) in [6.45, 7) is 5.59. The minimum absolute atomic E-state index is 0.145. The van der Waals surface area contributed by atoms with E-state index >= 15 is 0 Å². The number of anilines is 1. The number of methoxy groups -OCH3 is 1. The van der Waals surface area contributed by atoms with Crippen LogP contribution in [0.3, 0.4) is 0 Å². The van der Waals surface area contributed by atoms with Crippen molar-refractivity contribution in [2.24, 2.45) is 5.92 Å². The topological polar surface area (TPSA) is 50.4 Å². The van der Waals surface area contributed by atoms with Crippen LogP contribution in [0.25, 0.3) is 0 Å². The van der Waals surface area contributed by atoms with E-state index in [0.717, 1.165) is 24.2 Å². The van der Waals surface area contributed by atoms with Crippen LogP contribution in [-0.2, 0) is 11.3 Å². The van der Waals surface area contributed by atoms with Crippen molar-refractivity contribution in [1.82, 2.24) is 5.32 Å². The second-order valence-electron chi connectivity index (χ2n) is 5.34. The highest BCUT2D eigenvalue weighted by Crippen LogP contribution is 2.16. The van der Waals surface area contributed by atoms with Crippen molar-refractivity contribution in [3.8, 4) is 0 Å². The van der Waals surface area contributed by atoms with Crippen LogP contribution in [0.4, 0.5) is 10.5 Å². The van der Waals surface area contributed by atoms with Crippen molar-refractivity contribution in [3.63, 3.8) is 0 Å². The first kappa shape index (κ1) is 17.5. The predicted octanol–water partition coefficient (Wildman–Crippen LogP) is 4.17. The lowest BCUT2D eigenvalue weighted by Gasteiger charge is -2.16. The summed E-state index contributed by atoms with van der Waals surface area (Å²) in [6, 6.07) is 7.55. The third-order valence-corrected chi connectivity index (χ3v) is 3.66. The van der Waals surface area contributed by atoms with E-state index in [1.165, 1.54) is 19.3 Å². The van der Waals surface area contributed by atoms with Crippen molar-refractivity contribution >= 4 is 11.7 Å². The Morgan fingerprint density at radius 1 is 1.29 bits per heavy atom. The molecule has 2 amide bonds. The Kier molecular flexibility index (Phi) is 8.51. The summed E-state index contributed by atoms with van der Waals surface area (Å²) in [7, 11) is 1.65. The summed E-state index contributed by atoms with van der Waals surface area (Å²) < 4.78 is 5.14. The summed E-state index contributed by atoms with van der Waals surface area (Å²) >= 11 is 0. The first-order valence-electron chi connectivity index (χ1n) is 7.82. The van der Waals surface area contributed by atoms with E-state index in [4.69, 9.17) is 4.74 Å². The van der Waals surface area contributed by atoms with Crippen molar-refractivity contribution in [2.75, 3.05) is 19.0 Å². The van der Waals surface area contributed by atoms with Crippen LogP contribution >= 0.6 is 0 Å². The van der Waals surface area contributed by atoms with Crippen LogP contribution in [0, 0.1) is 5.92 Å². The van der Waals surface area contributed by atoms with Gasteiger partial charge in [-0.2, -0.15) is 0 Å². The highest BCUT2D eigenvalue weighted by molar-refractivity contribution is 5.90. The molecule has 1 aromatic carbocycles. The van der Waals surface area contributed by atoms with Gasteiger partial charge in [-0.25, -0.2) is 4.79 Å². The maximum Gasteiger partial charge on any atom is 0.319 e. The molecule has 118 valence electrons. The molecule has 1 rings (SSSR count). The number of rotatable bonds is 9.